The predicted molar refractivity (Wildman–Crippen MR) is 152 cm³/mol. The molecule has 1 fully saturated rings. The molecule has 2 aromatic heterocycles. The zero-order valence-corrected chi connectivity index (χ0v) is 22.7. The van der Waals surface area contributed by atoms with Crippen LogP contribution < -0.4 is 20.9 Å². The number of rotatable bonds is 9. The van der Waals surface area contributed by atoms with Crippen molar-refractivity contribution in [2.24, 2.45) is 0 Å². The van der Waals surface area contributed by atoms with E-state index in [4.69, 9.17) is 4.74 Å². The number of hydrogen-bond acceptors (Lipinski definition) is 7. The standard InChI is InChI=1S/C29H31N7O4/c1-18-9-10-21(33-28(38)20-6-4-7-22(14-20)35-12-5-8-25(35)37)15-24(18)34-27-26-19(2)23(16-36(26)32-17-31-27)29(39)30-11-13-40-3/h4,6-7,9-10,14-17H,5,8,11-13H2,1-3H3,(H,30,39)(H,33,38)(H,31,32,34). The van der Waals surface area contributed by atoms with Gasteiger partial charge in [0.05, 0.1) is 12.2 Å². The molecule has 0 aliphatic carbocycles. The largest absolute Gasteiger partial charge is 0.383 e. The number of nitrogens with zero attached hydrogens (tertiary/aromatic N) is 4. The van der Waals surface area contributed by atoms with Crippen molar-refractivity contribution in [3.8, 4) is 0 Å². The minimum atomic E-state index is -0.278. The fourth-order valence-electron chi connectivity index (χ4n) is 4.74. The van der Waals surface area contributed by atoms with E-state index in [1.54, 1.807) is 40.9 Å². The van der Waals surface area contributed by atoms with Crippen LogP contribution in [-0.2, 0) is 9.53 Å². The minimum Gasteiger partial charge on any atom is -0.383 e. The summed E-state index contributed by atoms with van der Waals surface area (Å²) in [7, 11) is 1.58. The van der Waals surface area contributed by atoms with Crippen LogP contribution in [0.5, 0.6) is 0 Å². The molecule has 11 nitrogen and oxygen atoms in total. The molecule has 1 saturated heterocycles. The van der Waals surface area contributed by atoms with E-state index in [-0.39, 0.29) is 17.7 Å². The molecule has 11 heteroatoms. The first-order chi connectivity index (χ1) is 19.4. The summed E-state index contributed by atoms with van der Waals surface area (Å²) < 4.78 is 6.63. The maximum Gasteiger partial charge on any atom is 0.255 e. The van der Waals surface area contributed by atoms with Gasteiger partial charge in [-0.2, -0.15) is 5.10 Å². The molecule has 3 heterocycles. The molecule has 0 radical (unpaired) electrons. The molecule has 0 saturated carbocycles. The Balaban J connectivity index is 1.36. The van der Waals surface area contributed by atoms with Gasteiger partial charge in [0.2, 0.25) is 5.91 Å². The zero-order valence-electron chi connectivity index (χ0n) is 22.7. The highest BCUT2D eigenvalue weighted by molar-refractivity contribution is 6.06. The van der Waals surface area contributed by atoms with Crippen molar-refractivity contribution in [2.75, 3.05) is 42.3 Å². The van der Waals surface area contributed by atoms with Crippen LogP contribution in [0.15, 0.2) is 55.0 Å². The third-order valence-corrected chi connectivity index (χ3v) is 6.91. The lowest BCUT2D eigenvalue weighted by molar-refractivity contribution is -0.117. The Hall–Kier alpha value is -4.77. The number of aryl methyl sites for hydroxylation is 2. The van der Waals surface area contributed by atoms with Crippen molar-refractivity contribution in [2.45, 2.75) is 26.7 Å². The molecule has 206 valence electrons. The number of carbonyl (C=O) groups excluding carboxylic acids is 3. The summed E-state index contributed by atoms with van der Waals surface area (Å²) in [5.74, 6) is 0.102. The first-order valence-electron chi connectivity index (χ1n) is 13.0. The van der Waals surface area contributed by atoms with Gasteiger partial charge in [0.25, 0.3) is 11.8 Å². The van der Waals surface area contributed by atoms with Crippen LogP contribution in [0.3, 0.4) is 0 Å². The third kappa shape index (κ3) is 5.50. The van der Waals surface area contributed by atoms with Gasteiger partial charge < -0.3 is 25.6 Å². The van der Waals surface area contributed by atoms with Gasteiger partial charge in [0, 0.05) is 55.4 Å². The number of carbonyl (C=O) groups is 3. The van der Waals surface area contributed by atoms with E-state index in [1.165, 1.54) is 6.33 Å². The molecule has 5 rings (SSSR count). The van der Waals surface area contributed by atoms with Crippen LogP contribution in [0.4, 0.5) is 22.9 Å². The van der Waals surface area contributed by atoms with E-state index >= 15 is 0 Å². The quantitative estimate of drug-likeness (QED) is 0.275. The SMILES string of the molecule is COCCNC(=O)c1cn2ncnc(Nc3cc(NC(=O)c4cccc(N5CCCC5=O)c4)ccc3C)c2c1C. The monoisotopic (exact) mass is 541 g/mol. The van der Waals surface area contributed by atoms with Crippen molar-refractivity contribution >= 4 is 46.1 Å². The average molecular weight is 542 g/mol. The number of aromatic nitrogens is 3. The molecule has 1 aliphatic heterocycles. The number of fused-ring (bicyclic) bond motifs is 1. The molecule has 3 amide bonds. The van der Waals surface area contributed by atoms with E-state index in [2.05, 4.69) is 26.0 Å². The Morgan fingerprint density at radius 2 is 1.95 bits per heavy atom. The topological polar surface area (TPSA) is 130 Å². The lowest BCUT2D eigenvalue weighted by Gasteiger charge is -2.17. The first-order valence-corrected chi connectivity index (χ1v) is 13.0. The number of amides is 3. The van der Waals surface area contributed by atoms with Crippen LogP contribution in [0.25, 0.3) is 5.52 Å². The molecule has 0 unspecified atom stereocenters. The Morgan fingerprint density at radius 1 is 1.10 bits per heavy atom. The number of hydrogen-bond donors (Lipinski definition) is 3. The Morgan fingerprint density at radius 3 is 2.73 bits per heavy atom. The lowest BCUT2D eigenvalue weighted by atomic mass is 10.1. The fourth-order valence-corrected chi connectivity index (χ4v) is 4.74. The summed E-state index contributed by atoms with van der Waals surface area (Å²) in [5, 5.41) is 13.4. The zero-order chi connectivity index (χ0) is 28.2. The van der Waals surface area contributed by atoms with Gasteiger partial charge in [-0.3, -0.25) is 14.4 Å². The summed E-state index contributed by atoms with van der Waals surface area (Å²) in [6.45, 7) is 5.27. The summed E-state index contributed by atoms with van der Waals surface area (Å²) in [5.41, 5.74) is 5.35. The number of benzene rings is 2. The van der Waals surface area contributed by atoms with E-state index in [0.29, 0.717) is 54.3 Å². The van der Waals surface area contributed by atoms with Crippen molar-refractivity contribution < 1.29 is 19.1 Å². The Kier molecular flexibility index (Phi) is 7.74. The Labute approximate surface area is 231 Å². The first kappa shape index (κ1) is 26.8. The van der Waals surface area contributed by atoms with Gasteiger partial charge in [-0.25, -0.2) is 9.50 Å². The molecule has 4 aromatic rings. The molecule has 0 spiro atoms. The second kappa shape index (κ2) is 11.5. The molecular weight excluding hydrogens is 510 g/mol. The summed E-state index contributed by atoms with van der Waals surface area (Å²) in [6, 6.07) is 12.6. The smallest absolute Gasteiger partial charge is 0.255 e. The van der Waals surface area contributed by atoms with Crippen molar-refractivity contribution in [1.82, 2.24) is 19.9 Å². The van der Waals surface area contributed by atoms with Crippen LogP contribution in [0.1, 0.15) is 44.7 Å². The maximum atomic E-state index is 13.1. The number of anilines is 4. The van der Waals surface area contributed by atoms with E-state index in [1.807, 2.05) is 38.1 Å². The lowest BCUT2D eigenvalue weighted by Crippen LogP contribution is -2.27. The van der Waals surface area contributed by atoms with E-state index in [0.717, 1.165) is 28.9 Å². The van der Waals surface area contributed by atoms with Crippen molar-refractivity contribution in [3.05, 3.63) is 77.2 Å². The summed E-state index contributed by atoms with van der Waals surface area (Å²) >= 11 is 0. The fraction of sp³-hybridized carbons (Fsp3) is 0.276. The summed E-state index contributed by atoms with van der Waals surface area (Å²) in [6.07, 6.45) is 4.44. The molecule has 2 aromatic carbocycles. The van der Waals surface area contributed by atoms with Crippen molar-refractivity contribution in [1.29, 1.82) is 0 Å². The van der Waals surface area contributed by atoms with Gasteiger partial charge in [-0.15, -0.1) is 0 Å². The van der Waals surface area contributed by atoms with Crippen LogP contribution in [0, 0.1) is 13.8 Å². The normalized spacial score (nSPS) is 13.1. The van der Waals surface area contributed by atoms with Gasteiger partial charge in [0.15, 0.2) is 5.82 Å². The van der Waals surface area contributed by atoms with Crippen LogP contribution >= 0.6 is 0 Å². The molecular formula is C29H31N7O4. The molecule has 0 bridgehead atoms. The Bertz CT molecular complexity index is 1600. The van der Waals surface area contributed by atoms with Gasteiger partial charge in [-0.05, 0) is 61.7 Å². The second-order valence-electron chi connectivity index (χ2n) is 9.63. The average Bonchev–Trinajstić information content (AvgIpc) is 3.54. The predicted octanol–water partition coefficient (Wildman–Crippen LogP) is 3.85. The van der Waals surface area contributed by atoms with E-state index in [9.17, 15) is 14.4 Å². The van der Waals surface area contributed by atoms with Crippen LogP contribution in [-0.4, -0.2) is 59.1 Å². The highest BCUT2D eigenvalue weighted by atomic mass is 16.5. The van der Waals surface area contributed by atoms with Crippen LogP contribution in [0.2, 0.25) is 0 Å². The maximum absolute atomic E-state index is 13.1. The molecule has 40 heavy (non-hydrogen) atoms. The van der Waals surface area contributed by atoms with Gasteiger partial charge in [-0.1, -0.05) is 12.1 Å². The van der Waals surface area contributed by atoms with Gasteiger partial charge in [0.1, 0.15) is 11.8 Å². The minimum absolute atomic E-state index is 0.0719. The molecule has 1 aliphatic rings. The number of ether oxygens (including phenoxy) is 1. The molecule has 0 atom stereocenters. The molecule has 3 N–H and O–H groups in total. The highest BCUT2D eigenvalue weighted by Crippen LogP contribution is 2.29. The second-order valence-corrected chi connectivity index (χ2v) is 9.63. The van der Waals surface area contributed by atoms with E-state index < -0.39 is 0 Å². The third-order valence-electron chi connectivity index (χ3n) is 6.91. The van der Waals surface area contributed by atoms with Gasteiger partial charge >= 0.3 is 0 Å². The number of methoxy groups -OCH3 is 1. The summed E-state index contributed by atoms with van der Waals surface area (Å²) in [4.78, 5) is 44.1. The highest BCUT2D eigenvalue weighted by Gasteiger charge is 2.22. The number of nitrogens with one attached hydrogen (secondary N) is 3. The van der Waals surface area contributed by atoms with Crippen molar-refractivity contribution in [3.63, 3.8) is 0 Å².